The van der Waals surface area contributed by atoms with Crippen LogP contribution in [0.5, 0.6) is 0 Å². The molecule has 1 aromatic heterocycles. The molecule has 3 rings (SSSR count). The second-order valence-electron chi connectivity index (χ2n) is 5.28. The van der Waals surface area contributed by atoms with Gasteiger partial charge in [0.2, 0.25) is 5.91 Å². The van der Waals surface area contributed by atoms with Gasteiger partial charge in [0.05, 0.1) is 5.52 Å². The molecule has 2 heterocycles. The molecule has 114 valence electrons. The number of aromatic nitrogens is 1. The third-order valence-corrected chi connectivity index (χ3v) is 3.79. The van der Waals surface area contributed by atoms with E-state index in [4.69, 9.17) is 0 Å². The lowest BCUT2D eigenvalue weighted by Gasteiger charge is -2.12. The van der Waals surface area contributed by atoms with Gasteiger partial charge in [0.15, 0.2) is 5.43 Å². The van der Waals surface area contributed by atoms with E-state index in [0.29, 0.717) is 13.0 Å². The number of benzene rings is 1. The summed E-state index contributed by atoms with van der Waals surface area (Å²) in [5, 5.41) is 2.74. The van der Waals surface area contributed by atoms with E-state index in [1.54, 1.807) is 7.05 Å². The molecular formula is C15H14FN3O3. The predicted molar refractivity (Wildman–Crippen MR) is 78.0 cm³/mol. The normalized spacial score (nSPS) is 18.0. The van der Waals surface area contributed by atoms with Crippen LogP contribution in [0, 0.1) is 5.82 Å². The number of nitrogens with one attached hydrogen (secondary N) is 2. The molecule has 7 heteroatoms. The highest BCUT2D eigenvalue weighted by Crippen LogP contribution is 2.13. The van der Waals surface area contributed by atoms with Crippen LogP contribution >= 0.6 is 0 Å². The molecule has 1 atom stereocenters. The first-order chi connectivity index (χ1) is 10.5. The fourth-order valence-corrected chi connectivity index (χ4v) is 2.55. The second-order valence-corrected chi connectivity index (χ2v) is 5.28. The van der Waals surface area contributed by atoms with Gasteiger partial charge in [-0.3, -0.25) is 14.4 Å². The van der Waals surface area contributed by atoms with E-state index >= 15 is 0 Å². The second kappa shape index (κ2) is 5.25. The van der Waals surface area contributed by atoms with Crippen molar-refractivity contribution in [3.05, 3.63) is 46.0 Å². The summed E-state index contributed by atoms with van der Waals surface area (Å²) in [5.74, 6) is -1.39. The quantitative estimate of drug-likeness (QED) is 0.853. The number of rotatable bonds is 2. The molecule has 0 bridgehead atoms. The zero-order valence-corrected chi connectivity index (χ0v) is 11.9. The Hall–Kier alpha value is -2.70. The lowest BCUT2D eigenvalue weighted by molar-refractivity contribution is -0.128. The van der Waals surface area contributed by atoms with Gasteiger partial charge >= 0.3 is 0 Å². The Labute approximate surface area is 124 Å². The number of para-hydroxylation sites is 1. The van der Waals surface area contributed by atoms with Crippen LogP contribution < -0.4 is 10.7 Å². The number of fused-ring (bicyclic) bond motifs is 1. The molecule has 0 aliphatic carbocycles. The molecule has 0 spiro atoms. The molecule has 1 fully saturated rings. The fraction of sp³-hybridized carbons (Fsp3) is 0.267. The SMILES string of the molecule is CN1CC[C@H](NC(=O)c2cc(=O)c3cccc(F)c3[nH]2)C1=O. The molecule has 2 aromatic rings. The average molecular weight is 303 g/mol. The zero-order valence-electron chi connectivity index (χ0n) is 11.9. The van der Waals surface area contributed by atoms with Crippen molar-refractivity contribution in [2.75, 3.05) is 13.6 Å². The third kappa shape index (κ3) is 2.34. The maximum absolute atomic E-state index is 13.8. The molecule has 2 amide bonds. The molecular weight excluding hydrogens is 289 g/mol. The summed E-state index contributed by atoms with van der Waals surface area (Å²) in [6.45, 7) is 0.562. The van der Waals surface area contributed by atoms with Crippen LogP contribution in [0.3, 0.4) is 0 Å². The van der Waals surface area contributed by atoms with Crippen LogP contribution in [-0.2, 0) is 4.79 Å². The molecule has 0 saturated carbocycles. The Morgan fingerprint density at radius 3 is 2.86 bits per heavy atom. The van der Waals surface area contributed by atoms with Gasteiger partial charge in [-0.1, -0.05) is 6.07 Å². The number of hydrogen-bond donors (Lipinski definition) is 2. The lowest BCUT2D eigenvalue weighted by Crippen LogP contribution is -2.41. The Kier molecular flexibility index (Phi) is 3.40. The monoisotopic (exact) mass is 303 g/mol. The topological polar surface area (TPSA) is 82.3 Å². The number of H-pyrrole nitrogens is 1. The molecule has 22 heavy (non-hydrogen) atoms. The third-order valence-electron chi connectivity index (χ3n) is 3.79. The number of carbonyl (C=O) groups excluding carboxylic acids is 2. The number of carbonyl (C=O) groups is 2. The molecule has 2 N–H and O–H groups in total. The van der Waals surface area contributed by atoms with Gasteiger partial charge in [0, 0.05) is 25.0 Å². The van der Waals surface area contributed by atoms with E-state index < -0.39 is 23.2 Å². The average Bonchev–Trinajstić information content (AvgIpc) is 2.80. The molecule has 1 aliphatic rings. The minimum Gasteiger partial charge on any atom is -0.348 e. The van der Waals surface area contributed by atoms with Crippen LogP contribution in [0.1, 0.15) is 16.9 Å². The number of aromatic amines is 1. The van der Waals surface area contributed by atoms with Gasteiger partial charge in [-0.05, 0) is 18.6 Å². The van der Waals surface area contributed by atoms with Crippen LogP contribution in [0.15, 0.2) is 29.1 Å². The highest BCUT2D eigenvalue weighted by Gasteiger charge is 2.30. The largest absolute Gasteiger partial charge is 0.348 e. The summed E-state index contributed by atoms with van der Waals surface area (Å²) in [7, 11) is 1.65. The Bertz CT molecular complexity index is 830. The van der Waals surface area contributed by atoms with E-state index in [1.165, 1.54) is 23.1 Å². The zero-order chi connectivity index (χ0) is 15.9. The van der Waals surface area contributed by atoms with Crippen molar-refractivity contribution in [3.63, 3.8) is 0 Å². The number of likely N-dealkylation sites (N-methyl/N-ethyl adjacent to an activating group) is 1. The molecule has 0 radical (unpaired) electrons. The summed E-state index contributed by atoms with van der Waals surface area (Å²) in [6.07, 6.45) is 0.507. The highest BCUT2D eigenvalue weighted by molar-refractivity contribution is 5.98. The number of nitrogens with zero attached hydrogens (tertiary/aromatic N) is 1. The van der Waals surface area contributed by atoms with Crippen LogP contribution in [0.4, 0.5) is 4.39 Å². The molecule has 6 nitrogen and oxygen atoms in total. The van der Waals surface area contributed by atoms with Gasteiger partial charge < -0.3 is 15.2 Å². The minimum absolute atomic E-state index is 0.0185. The highest BCUT2D eigenvalue weighted by atomic mass is 19.1. The standard InChI is InChI=1S/C15H14FN3O3/c1-19-6-5-10(15(19)22)18-14(21)11-7-12(20)8-3-2-4-9(16)13(8)17-11/h2-4,7,10H,5-6H2,1H3,(H,17,20)(H,18,21)/t10-/m0/s1. The van der Waals surface area contributed by atoms with Crippen LogP contribution in [-0.4, -0.2) is 41.3 Å². The van der Waals surface area contributed by atoms with E-state index in [-0.39, 0.29) is 22.5 Å². The molecule has 1 saturated heterocycles. The first kappa shape index (κ1) is 14.2. The van der Waals surface area contributed by atoms with Crippen molar-refractivity contribution in [3.8, 4) is 0 Å². The van der Waals surface area contributed by atoms with E-state index in [9.17, 15) is 18.8 Å². The maximum Gasteiger partial charge on any atom is 0.268 e. The Morgan fingerprint density at radius 2 is 2.18 bits per heavy atom. The first-order valence-corrected chi connectivity index (χ1v) is 6.85. The smallest absolute Gasteiger partial charge is 0.268 e. The van der Waals surface area contributed by atoms with Gasteiger partial charge in [0.25, 0.3) is 5.91 Å². The maximum atomic E-state index is 13.8. The summed E-state index contributed by atoms with van der Waals surface area (Å²) in [4.78, 5) is 40.1. The Balaban J connectivity index is 1.93. The number of pyridine rings is 1. The molecule has 1 aromatic carbocycles. The minimum atomic E-state index is -0.614. The number of halogens is 1. The van der Waals surface area contributed by atoms with Gasteiger partial charge in [0.1, 0.15) is 17.6 Å². The van der Waals surface area contributed by atoms with Crippen molar-refractivity contribution in [2.24, 2.45) is 0 Å². The first-order valence-electron chi connectivity index (χ1n) is 6.85. The predicted octanol–water partition coefficient (Wildman–Crippen LogP) is 0.628. The van der Waals surface area contributed by atoms with Crippen LogP contribution in [0.25, 0.3) is 10.9 Å². The van der Waals surface area contributed by atoms with Crippen molar-refractivity contribution in [1.82, 2.24) is 15.2 Å². The molecule has 0 unspecified atom stereocenters. The fourth-order valence-electron chi connectivity index (χ4n) is 2.55. The van der Waals surface area contributed by atoms with E-state index in [2.05, 4.69) is 10.3 Å². The van der Waals surface area contributed by atoms with Crippen molar-refractivity contribution < 1.29 is 14.0 Å². The number of amides is 2. The summed E-state index contributed by atoms with van der Waals surface area (Å²) >= 11 is 0. The van der Waals surface area contributed by atoms with E-state index in [0.717, 1.165) is 6.07 Å². The summed E-state index contributed by atoms with van der Waals surface area (Å²) < 4.78 is 13.8. The van der Waals surface area contributed by atoms with Gasteiger partial charge in [-0.15, -0.1) is 0 Å². The van der Waals surface area contributed by atoms with Gasteiger partial charge in [-0.2, -0.15) is 0 Å². The Morgan fingerprint density at radius 1 is 1.41 bits per heavy atom. The summed E-state index contributed by atoms with van der Waals surface area (Å²) in [5.41, 5.74) is -0.534. The molecule has 1 aliphatic heterocycles. The summed E-state index contributed by atoms with van der Waals surface area (Å²) in [6, 6.07) is 4.61. The van der Waals surface area contributed by atoms with E-state index in [1.807, 2.05) is 0 Å². The lowest BCUT2D eigenvalue weighted by atomic mass is 10.1. The van der Waals surface area contributed by atoms with Crippen molar-refractivity contribution in [2.45, 2.75) is 12.5 Å². The van der Waals surface area contributed by atoms with Crippen LogP contribution in [0.2, 0.25) is 0 Å². The number of hydrogen-bond acceptors (Lipinski definition) is 3. The van der Waals surface area contributed by atoms with Crippen molar-refractivity contribution in [1.29, 1.82) is 0 Å². The van der Waals surface area contributed by atoms with Gasteiger partial charge in [-0.25, -0.2) is 4.39 Å². The number of likely N-dealkylation sites (tertiary alicyclic amines) is 1. The van der Waals surface area contributed by atoms with Crippen molar-refractivity contribution >= 4 is 22.7 Å².